The van der Waals surface area contributed by atoms with Gasteiger partial charge in [-0.15, -0.1) is 0 Å². The van der Waals surface area contributed by atoms with E-state index in [-0.39, 0.29) is 0 Å². The van der Waals surface area contributed by atoms with Gasteiger partial charge in [-0.25, -0.2) is 0 Å². The smallest absolute Gasteiger partial charge is 0.370 e. The van der Waals surface area contributed by atoms with Gasteiger partial charge in [-0.05, 0) is 24.3 Å². The second-order valence-electron chi connectivity index (χ2n) is 3.64. The molecule has 0 spiro atoms. The van der Waals surface area contributed by atoms with E-state index in [1.165, 1.54) is 0 Å². The molecule has 0 radical (unpaired) electrons. The van der Waals surface area contributed by atoms with Gasteiger partial charge in [0, 0.05) is 30.3 Å². The Bertz CT molecular complexity index is 341. The Morgan fingerprint density at radius 2 is 1.56 bits per heavy atom. The zero-order valence-corrected chi connectivity index (χ0v) is 9.44. The number of rotatable bonds is 1. The van der Waals surface area contributed by atoms with Gasteiger partial charge in [0.15, 0.2) is 0 Å². The van der Waals surface area contributed by atoms with Crippen LogP contribution in [0.2, 0.25) is 0 Å². The second kappa shape index (κ2) is 4.57. The maximum absolute atomic E-state index is 12.3. The minimum absolute atomic E-state index is 0.581. The molecular weight excluding hydrogens is 235 g/mol. The minimum atomic E-state index is -4.24. The molecule has 0 saturated carbocycles. The van der Waals surface area contributed by atoms with E-state index in [0.29, 0.717) is 0 Å². The molecular formula is C11H12F3NS. The number of hydrogen-bond acceptors (Lipinski definition) is 2. The summed E-state index contributed by atoms with van der Waals surface area (Å²) in [5, 5.41) is 0. The highest BCUT2D eigenvalue weighted by Gasteiger charge is 2.30. The van der Waals surface area contributed by atoms with E-state index in [1.54, 1.807) is 12.1 Å². The quantitative estimate of drug-likeness (QED) is 0.749. The van der Waals surface area contributed by atoms with Crippen molar-refractivity contribution >= 4 is 17.4 Å². The molecule has 5 heteroatoms. The molecule has 1 nitrogen and oxygen atoms in total. The molecule has 1 aromatic carbocycles. The van der Waals surface area contributed by atoms with E-state index < -0.39 is 11.7 Å². The SMILES string of the molecule is FC(F)(F)c1ccc(N2CCSCC2)cc1. The third-order valence-electron chi connectivity index (χ3n) is 2.57. The standard InChI is InChI=1S/C11H12F3NS/c12-11(13,14)9-1-3-10(4-2-9)15-5-7-16-8-6-15/h1-4H,5-8H2. The molecule has 0 amide bonds. The van der Waals surface area contributed by atoms with Crippen molar-refractivity contribution in [3.63, 3.8) is 0 Å². The van der Waals surface area contributed by atoms with Gasteiger partial charge in [-0.3, -0.25) is 0 Å². The Morgan fingerprint density at radius 3 is 2.06 bits per heavy atom. The Balaban J connectivity index is 2.12. The van der Waals surface area contributed by atoms with Gasteiger partial charge >= 0.3 is 6.18 Å². The van der Waals surface area contributed by atoms with Crippen LogP contribution in [0.15, 0.2) is 24.3 Å². The Kier molecular flexibility index (Phi) is 3.33. The van der Waals surface area contributed by atoms with Crippen LogP contribution in [0.1, 0.15) is 5.56 Å². The fourth-order valence-corrected chi connectivity index (χ4v) is 2.59. The average molecular weight is 247 g/mol. The topological polar surface area (TPSA) is 3.24 Å². The maximum Gasteiger partial charge on any atom is 0.416 e. The van der Waals surface area contributed by atoms with Gasteiger partial charge in [-0.1, -0.05) is 0 Å². The number of alkyl halides is 3. The van der Waals surface area contributed by atoms with Crippen LogP contribution in [0.5, 0.6) is 0 Å². The van der Waals surface area contributed by atoms with Crippen molar-refractivity contribution in [2.24, 2.45) is 0 Å². The number of nitrogens with zero attached hydrogens (tertiary/aromatic N) is 1. The first-order chi connectivity index (χ1) is 7.57. The lowest BCUT2D eigenvalue weighted by atomic mass is 10.2. The maximum atomic E-state index is 12.3. The minimum Gasteiger partial charge on any atom is -0.370 e. The van der Waals surface area contributed by atoms with Crippen molar-refractivity contribution in [2.75, 3.05) is 29.5 Å². The van der Waals surface area contributed by atoms with Crippen molar-refractivity contribution in [3.05, 3.63) is 29.8 Å². The number of benzene rings is 1. The molecule has 1 aliphatic heterocycles. The van der Waals surface area contributed by atoms with E-state index in [9.17, 15) is 13.2 Å². The molecule has 2 rings (SSSR count). The molecule has 0 aliphatic carbocycles. The van der Waals surface area contributed by atoms with Crippen molar-refractivity contribution in [1.82, 2.24) is 0 Å². The van der Waals surface area contributed by atoms with Crippen molar-refractivity contribution in [3.8, 4) is 0 Å². The predicted molar refractivity (Wildman–Crippen MR) is 61.0 cm³/mol. The summed E-state index contributed by atoms with van der Waals surface area (Å²) in [5.74, 6) is 2.09. The molecule has 1 heterocycles. The third kappa shape index (κ3) is 2.64. The first kappa shape index (κ1) is 11.6. The van der Waals surface area contributed by atoms with Gasteiger partial charge in [0.05, 0.1) is 5.56 Å². The molecule has 0 aromatic heterocycles. The first-order valence-electron chi connectivity index (χ1n) is 5.07. The predicted octanol–water partition coefficient (Wildman–Crippen LogP) is 3.26. The van der Waals surface area contributed by atoms with Crippen molar-refractivity contribution in [2.45, 2.75) is 6.18 Å². The highest BCUT2D eigenvalue weighted by atomic mass is 32.2. The Labute approximate surface area is 96.6 Å². The van der Waals surface area contributed by atoms with Gasteiger partial charge in [-0.2, -0.15) is 24.9 Å². The average Bonchev–Trinajstić information content (AvgIpc) is 2.29. The lowest BCUT2D eigenvalue weighted by molar-refractivity contribution is -0.137. The summed E-state index contributed by atoms with van der Waals surface area (Å²) in [6.07, 6.45) is -4.24. The molecule has 1 saturated heterocycles. The molecule has 16 heavy (non-hydrogen) atoms. The van der Waals surface area contributed by atoms with Gasteiger partial charge in [0.25, 0.3) is 0 Å². The largest absolute Gasteiger partial charge is 0.416 e. The molecule has 1 aromatic rings. The van der Waals surface area contributed by atoms with Crippen LogP contribution < -0.4 is 4.90 Å². The van der Waals surface area contributed by atoms with E-state index in [4.69, 9.17) is 0 Å². The highest BCUT2D eigenvalue weighted by molar-refractivity contribution is 7.99. The van der Waals surface area contributed by atoms with Crippen molar-refractivity contribution in [1.29, 1.82) is 0 Å². The van der Waals surface area contributed by atoms with Gasteiger partial charge in [0.2, 0.25) is 0 Å². The lowest BCUT2D eigenvalue weighted by Crippen LogP contribution is -2.32. The van der Waals surface area contributed by atoms with E-state index >= 15 is 0 Å². The molecule has 88 valence electrons. The second-order valence-corrected chi connectivity index (χ2v) is 4.87. The zero-order chi connectivity index (χ0) is 11.6. The zero-order valence-electron chi connectivity index (χ0n) is 8.63. The summed E-state index contributed by atoms with van der Waals surface area (Å²) in [6, 6.07) is 5.41. The fourth-order valence-electron chi connectivity index (χ4n) is 1.68. The number of anilines is 1. The van der Waals surface area contributed by atoms with Crippen LogP contribution in [0.3, 0.4) is 0 Å². The van der Waals surface area contributed by atoms with E-state index in [0.717, 1.165) is 42.4 Å². The number of thioether (sulfide) groups is 1. The van der Waals surface area contributed by atoms with E-state index in [2.05, 4.69) is 4.90 Å². The molecule has 0 bridgehead atoms. The van der Waals surface area contributed by atoms with Crippen LogP contribution in [0.25, 0.3) is 0 Å². The molecule has 1 fully saturated rings. The summed E-state index contributed by atoms with van der Waals surface area (Å²) >= 11 is 1.88. The van der Waals surface area contributed by atoms with Crippen LogP contribution in [0, 0.1) is 0 Å². The summed E-state index contributed by atoms with van der Waals surface area (Å²) in [7, 11) is 0. The Morgan fingerprint density at radius 1 is 1.00 bits per heavy atom. The molecule has 0 unspecified atom stereocenters. The number of halogens is 3. The van der Waals surface area contributed by atoms with Crippen LogP contribution >= 0.6 is 11.8 Å². The summed E-state index contributed by atoms with van der Waals surface area (Å²) in [6.45, 7) is 1.83. The van der Waals surface area contributed by atoms with E-state index in [1.807, 2.05) is 11.8 Å². The summed E-state index contributed by atoms with van der Waals surface area (Å²) in [4.78, 5) is 2.12. The van der Waals surface area contributed by atoms with Crippen molar-refractivity contribution < 1.29 is 13.2 Å². The normalized spacial score (nSPS) is 17.6. The fraction of sp³-hybridized carbons (Fsp3) is 0.455. The third-order valence-corrected chi connectivity index (χ3v) is 3.51. The first-order valence-corrected chi connectivity index (χ1v) is 6.23. The molecule has 1 aliphatic rings. The molecule has 0 atom stereocenters. The highest BCUT2D eigenvalue weighted by Crippen LogP contribution is 2.30. The van der Waals surface area contributed by atoms with Crippen LogP contribution in [-0.4, -0.2) is 24.6 Å². The Hall–Kier alpha value is -0.840. The summed E-state index contributed by atoms with van der Waals surface area (Å²) in [5.41, 5.74) is 0.302. The lowest BCUT2D eigenvalue weighted by Gasteiger charge is -2.28. The van der Waals surface area contributed by atoms with Gasteiger partial charge < -0.3 is 4.90 Å². The van der Waals surface area contributed by atoms with Crippen LogP contribution in [0.4, 0.5) is 18.9 Å². The number of hydrogen-bond donors (Lipinski definition) is 0. The summed E-state index contributed by atoms with van der Waals surface area (Å²) < 4.78 is 37.0. The molecule has 0 N–H and O–H groups in total. The van der Waals surface area contributed by atoms with Gasteiger partial charge in [0.1, 0.15) is 0 Å². The monoisotopic (exact) mass is 247 g/mol. The van der Waals surface area contributed by atoms with Crippen LogP contribution in [-0.2, 0) is 6.18 Å².